The van der Waals surface area contributed by atoms with Crippen LogP contribution < -0.4 is 0 Å². The van der Waals surface area contributed by atoms with Crippen LogP contribution in [0.1, 0.15) is 16.7 Å². The molecule has 0 aliphatic carbocycles. The number of benzene rings is 3. The summed E-state index contributed by atoms with van der Waals surface area (Å²) in [4.78, 5) is 0. The molecule has 0 atom stereocenters. The molecule has 0 amide bonds. The summed E-state index contributed by atoms with van der Waals surface area (Å²) < 4.78 is 1.07. The van der Waals surface area contributed by atoms with Crippen molar-refractivity contribution in [2.45, 2.75) is 0 Å². The lowest BCUT2D eigenvalue weighted by molar-refractivity contribution is 1.55. The maximum Gasteiger partial charge on any atom is 0.0406 e. The second kappa shape index (κ2) is 6.95. The molecule has 3 aromatic rings. The van der Waals surface area contributed by atoms with Crippen LogP contribution in [0.15, 0.2) is 84.9 Å². The molecule has 3 aromatic carbocycles. The SMILES string of the molecule is Clc1ccc(/C(=C(\Br)c2ccccc2)c2ccccc2)cc1. The van der Waals surface area contributed by atoms with E-state index in [0.717, 1.165) is 26.2 Å². The third kappa shape index (κ3) is 3.32. The van der Waals surface area contributed by atoms with E-state index in [0.29, 0.717) is 0 Å². The molecule has 22 heavy (non-hydrogen) atoms. The predicted octanol–water partition coefficient (Wildman–Crippen LogP) is 6.65. The molecule has 0 heterocycles. The van der Waals surface area contributed by atoms with Crippen molar-refractivity contribution in [1.82, 2.24) is 0 Å². The van der Waals surface area contributed by atoms with Crippen LogP contribution in [0.2, 0.25) is 5.02 Å². The highest BCUT2D eigenvalue weighted by atomic mass is 79.9. The second-order valence-corrected chi connectivity index (χ2v) is 6.16. The van der Waals surface area contributed by atoms with E-state index in [4.69, 9.17) is 11.6 Å². The summed E-state index contributed by atoms with van der Waals surface area (Å²) in [6.45, 7) is 0. The van der Waals surface area contributed by atoms with Crippen molar-refractivity contribution in [2.75, 3.05) is 0 Å². The first-order valence-electron chi connectivity index (χ1n) is 7.02. The Morgan fingerprint density at radius 1 is 0.591 bits per heavy atom. The third-order valence-corrected chi connectivity index (χ3v) is 4.55. The Morgan fingerprint density at radius 2 is 1.05 bits per heavy atom. The molecular formula is C20H14BrCl. The summed E-state index contributed by atoms with van der Waals surface area (Å²) in [5.74, 6) is 0. The number of hydrogen-bond acceptors (Lipinski definition) is 0. The molecule has 0 aliphatic rings. The summed E-state index contributed by atoms with van der Waals surface area (Å²) in [6, 6.07) is 28.6. The van der Waals surface area contributed by atoms with Crippen LogP contribution in [0.5, 0.6) is 0 Å². The summed E-state index contributed by atoms with van der Waals surface area (Å²) in [5.41, 5.74) is 4.60. The standard InChI is InChI=1S/C20H14BrCl/c21-20(17-9-5-2-6-10-17)19(15-7-3-1-4-8-15)16-11-13-18(22)14-12-16/h1-14H/b20-19-. The van der Waals surface area contributed by atoms with E-state index in [9.17, 15) is 0 Å². The number of rotatable bonds is 3. The van der Waals surface area contributed by atoms with Gasteiger partial charge in [0.05, 0.1) is 0 Å². The average molecular weight is 370 g/mol. The van der Waals surface area contributed by atoms with Gasteiger partial charge in [-0.1, -0.05) is 84.4 Å². The fourth-order valence-corrected chi connectivity index (χ4v) is 3.22. The van der Waals surface area contributed by atoms with Crippen LogP contribution in [-0.4, -0.2) is 0 Å². The summed E-state index contributed by atoms with van der Waals surface area (Å²) in [5, 5.41) is 0.743. The second-order valence-electron chi connectivity index (χ2n) is 4.93. The molecule has 0 spiro atoms. The molecular weight excluding hydrogens is 356 g/mol. The van der Waals surface area contributed by atoms with E-state index in [1.807, 2.05) is 36.4 Å². The van der Waals surface area contributed by atoms with E-state index in [-0.39, 0.29) is 0 Å². The molecule has 108 valence electrons. The van der Waals surface area contributed by atoms with Crippen molar-refractivity contribution in [1.29, 1.82) is 0 Å². The molecule has 0 fully saturated rings. The highest BCUT2D eigenvalue weighted by molar-refractivity contribution is 9.15. The first-order valence-corrected chi connectivity index (χ1v) is 8.19. The lowest BCUT2D eigenvalue weighted by atomic mass is 9.96. The highest BCUT2D eigenvalue weighted by Gasteiger charge is 2.11. The minimum absolute atomic E-state index is 0.743. The van der Waals surface area contributed by atoms with Gasteiger partial charge in [-0.05, 0) is 44.8 Å². The Bertz CT molecular complexity index is 775. The van der Waals surface area contributed by atoms with Gasteiger partial charge in [-0.25, -0.2) is 0 Å². The number of halogens is 2. The smallest absolute Gasteiger partial charge is 0.0406 e. The normalized spacial score (nSPS) is 11.9. The fourth-order valence-electron chi connectivity index (χ4n) is 2.37. The monoisotopic (exact) mass is 368 g/mol. The summed E-state index contributed by atoms with van der Waals surface area (Å²) in [6.07, 6.45) is 0. The molecule has 0 bridgehead atoms. The Hall–Kier alpha value is -1.83. The van der Waals surface area contributed by atoms with Crippen LogP contribution in [0.3, 0.4) is 0 Å². The average Bonchev–Trinajstić information content (AvgIpc) is 2.58. The Labute approximate surface area is 144 Å². The van der Waals surface area contributed by atoms with Gasteiger partial charge in [-0.3, -0.25) is 0 Å². The van der Waals surface area contributed by atoms with E-state index >= 15 is 0 Å². The summed E-state index contributed by atoms with van der Waals surface area (Å²) >= 11 is 9.82. The molecule has 0 aliphatic heterocycles. The Balaban J connectivity index is 2.21. The van der Waals surface area contributed by atoms with Gasteiger partial charge in [0.15, 0.2) is 0 Å². The molecule has 0 N–H and O–H groups in total. The molecule has 0 unspecified atom stereocenters. The maximum atomic E-state index is 6.03. The van der Waals surface area contributed by atoms with Gasteiger partial charge in [0.1, 0.15) is 0 Å². The quantitative estimate of drug-likeness (QED) is 0.453. The van der Waals surface area contributed by atoms with Crippen LogP contribution in [0.4, 0.5) is 0 Å². The Morgan fingerprint density at radius 3 is 1.59 bits per heavy atom. The van der Waals surface area contributed by atoms with Gasteiger partial charge in [-0.2, -0.15) is 0 Å². The summed E-state index contributed by atoms with van der Waals surface area (Å²) in [7, 11) is 0. The lowest BCUT2D eigenvalue weighted by Crippen LogP contribution is -1.91. The molecule has 2 heteroatoms. The van der Waals surface area contributed by atoms with E-state index in [1.54, 1.807) is 0 Å². The van der Waals surface area contributed by atoms with Crippen molar-refractivity contribution in [3.63, 3.8) is 0 Å². The van der Waals surface area contributed by atoms with Crippen LogP contribution in [0.25, 0.3) is 10.1 Å². The molecule has 0 saturated heterocycles. The molecule has 0 nitrogen and oxygen atoms in total. The first-order chi connectivity index (χ1) is 10.8. The van der Waals surface area contributed by atoms with E-state index in [2.05, 4.69) is 64.5 Å². The van der Waals surface area contributed by atoms with Crippen LogP contribution in [0, 0.1) is 0 Å². The maximum absolute atomic E-state index is 6.03. The zero-order valence-electron chi connectivity index (χ0n) is 11.8. The zero-order chi connectivity index (χ0) is 15.4. The minimum Gasteiger partial charge on any atom is -0.0843 e. The van der Waals surface area contributed by atoms with E-state index < -0.39 is 0 Å². The molecule has 0 saturated carbocycles. The van der Waals surface area contributed by atoms with Crippen molar-refractivity contribution in [3.8, 4) is 0 Å². The largest absolute Gasteiger partial charge is 0.0843 e. The van der Waals surface area contributed by atoms with Gasteiger partial charge in [0.2, 0.25) is 0 Å². The van der Waals surface area contributed by atoms with Crippen LogP contribution in [-0.2, 0) is 0 Å². The topological polar surface area (TPSA) is 0 Å². The first kappa shape index (κ1) is 15.1. The Kier molecular flexibility index (Phi) is 4.77. The molecule has 3 rings (SSSR count). The van der Waals surface area contributed by atoms with Crippen molar-refractivity contribution in [2.24, 2.45) is 0 Å². The van der Waals surface area contributed by atoms with Crippen LogP contribution >= 0.6 is 27.5 Å². The lowest BCUT2D eigenvalue weighted by Gasteiger charge is -2.13. The van der Waals surface area contributed by atoms with E-state index in [1.165, 1.54) is 5.56 Å². The van der Waals surface area contributed by atoms with Crippen molar-refractivity contribution >= 4 is 37.6 Å². The predicted molar refractivity (Wildman–Crippen MR) is 99.2 cm³/mol. The minimum atomic E-state index is 0.743. The van der Waals surface area contributed by atoms with Gasteiger partial charge in [0, 0.05) is 15.1 Å². The highest BCUT2D eigenvalue weighted by Crippen LogP contribution is 2.36. The third-order valence-electron chi connectivity index (χ3n) is 3.44. The van der Waals surface area contributed by atoms with Gasteiger partial charge >= 0.3 is 0 Å². The van der Waals surface area contributed by atoms with Crippen molar-refractivity contribution in [3.05, 3.63) is 107 Å². The van der Waals surface area contributed by atoms with Gasteiger partial charge in [-0.15, -0.1) is 0 Å². The van der Waals surface area contributed by atoms with Crippen molar-refractivity contribution < 1.29 is 0 Å². The fraction of sp³-hybridized carbons (Fsp3) is 0. The number of hydrogen-bond donors (Lipinski definition) is 0. The molecule has 0 aromatic heterocycles. The molecule has 0 radical (unpaired) electrons. The van der Waals surface area contributed by atoms with Gasteiger partial charge in [0.25, 0.3) is 0 Å². The zero-order valence-corrected chi connectivity index (χ0v) is 14.2. The van der Waals surface area contributed by atoms with Gasteiger partial charge < -0.3 is 0 Å².